The van der Waals surface area contributed by atoms with Gasteiger partial charge in [0, 0.05) is 0 Å². The van der Waals surface area contributed by atoms with Gasteiger partial charge in [-0.2, -0.15) is 0 Å². The number of hydrogen-bond donors (Lipinski definition) is 0. The Balaban J connectivity index is 1.03. The normalized spacial score (nSPS) is 13.0. The third-order valence-corrected chi connectivity index (χ3v) is 13.4. The number of rotatable bonds is 2. The molecule has 0 aromatic heterocycles. The van der Waals surface area contributed by atoms with E-state index in [1.54, 1.807) is 0 Å². The van der Waals surface area contributed by atoms with E-state index in [0.717, 1.165) is 0 Å². The highest BCUT2D eigenvalue weighted by atomic mass is 14.2. The Kier molecular flexibility index (Phi) is 6.70. The van der Waals surface area contributed by atoms with Crippen molar-refractivity contribution >= 4 is 97.0 Å². The Bertz CT molecular complexity index is 3390. The van der Waals surface area contributed by atoms with E-state index < -0.39 is 0 Å². The summed E-state index contributed by atoms with van der Waals surface area (Å²) in [5, 5.41) is 23.7. The highest BCUT2D eigenvalue weighted by Gasteiger charge is 2.20. The lowest BCUT2D eigenvalue weighted by Gasteiger charge is -2.22. The van der Waals surface area contributed by atoms with Crippen LogP contribution in [0.5, 0.6) is 0 Å². The van der Waals surface area contributed by atoms with Crippen molar-refractivity contribution in [3.05, 3.63) is 169 Å². The SMILES string of the molecule is CC(C)(C)c1cc2ccc3ccc(-c4ccc5ccc6c7cc(-c8ccc9ccc%10cc(C(C)(C)C)cc%11ccc8c9c%10%11)ccc7ccc6c5c4)c4ccc(c1)c2c34. The van der Waals surface area contributed by atoms with Crippen LogP contribution in [0, 0.1) is 0 Å². The molecule has 0 radical (unpaired) electrons. The van der Waals surface area contributed by atoms with Gasteiger partial charge in [-0.15, -0.1) is 0 Å². The highest BCUT2D eigenvalue weighted by molar-refractivity contribution is 6.28. The summed E-state index contributed by atoms with van der Waals surface area (Å²) in [5.41, 5.74) is 8.03. The van der Waals surface area contributed by atoms with Crippen LogP contribution in [0.2, 0.25) is 0 Å². The Morgan fingerprint density at radius 1 is 0.241 bits per heavy atom. The van der Waals surface area contributed by atoms with Crippen molar-refractivity contribution in [2.75, 3.05) is 0 Å². The second kappa shape index (κ2) is 11.6. The summed E-state index contributed by atoms with van der Waals surface area (Å²) < 4.78 is 0. The molecule has 0 aliphatic rings. The molecule has 0 amide bonds. The van der Waals surface area contributed by atoms with Gasteiger partial charge in [-0.3, -0.25) is 0 Å². The molecule has 0 saturated carbocycles. The van der Waals surface area contributed by atoms with Crippen molar-refractivity contribution in [3.63, 3.8) is 0 Å². The average Bonchev–Trinajstić information content (AvgIpc) is 3.23. The summed E-state index contributed by atoms with van der Waals surface area (Å²) in [5.74, 6) is 0. The van der Waals surface area contributed by atoms with Gasteiger partial charge in [-0.05, 0) is 153 Å². The zero-order valence-corrected chi connectivity index (χ0v) is 34.0. The second-order valence-corrected chi connectivity index (χ2v) is 19.0. The molecule has 58 heavy (non-hydrogen) atoms. The molecule has 0 atom stereocenters. The molecule has 0 unspecified atom stereocenters. The molecule has 12 rings (SSSR count). The fourth-order valence-corrected chi connectivity index (χ4v) is 10.2. The van der Waals surface area contributed by atoms with Gasteiger partial charge < -0.3 is 0 Å². The summed E-state index contributed by atoms with van der Waals surface area (Å²) in [4.78, 5) is 0. The van der Waals surface area contributed by atoms with Crippen LogP contribution in [0.4, 0.5) is 0 Å². The van der Waals surface area contributed by atoms with E-state index in [0.29, 0.717) is 0 Å². The summed E-state index contributed by atoms with van der Waals surface area (Å²) >= 11 is 0. The lowest BCUT2D eigenvalue weighted by molar-refractivity contribution is 0.591. The van der Waals surface area contributed by atoms with Gasteiger partial charge >= 0.3 is 0 Å². The Morgan fingerprint density at radius 2 is 0.552 bits per heavy atom. The zero-order chi connectivity index (χ0) is 39.2. The highest BCUT2D eigenvalue weighted by Crippen LogP contribution is 2.45. The summed E-state index contributed by atoms with van der Waals surface area (Å²) in [6, 6.07) is 60.9. The lowest BCUT2D eigenvalue weighted by Crippen LogP contribution is -2.10. The maximum absolute atomic E-state index is 2.43. The van der Waals surface area contributed by atoms with Crippen molar-refractivity contribution in [2.45, 2.75) is 52.4 Å². The van der Waals surface area contributed by atoms with Crippen molar-refractivity contribution in [1.82, 2.24) is 0 Å². The Morgan fingerprint density at radius 3 is 0.948 bits per heavy atom. The lowest BCUT2D eigenvalue weighted by atomic mass is 9.82. The molecule has 0 bridgehead atoms. The van der Waals surface area contributed by atoms with Gasteiger partial charge in [0.25, 0.3) is 0 Å². The van der Waals surface area contributed by atoms with Crippen LogP contribution >= 0.6 is 0 Å². The summed E-state index contributed by atoms with van der Waals surface area (Å²) in [6.45, 7) is 13.8. The van der Waals surface area contributed by atoms with Crippen LogP contribution < -0.4 is 0 Å². The molecule has 0 N–H and O–H groups in total. The molecule has 12 aromatic carbocycles. The fraction of sp³-hybridized carbons (Fsp3) is 0.138. The molecule has 0 heterocycles. The third-order valence-electron chi connectivity index (χ3n) is 13.4. The minimum atomic E-state index is 0.0942. The standard InChI is InChI=1S/C58H44/c1-57(2,3)43-27-39-13-9-35-17-21-45(49-25-19-41(29-43)53(39)55(35)49)37-11-7-33-15-24-48-47(51(33)31-37)23-16-34-8-12-38(32-52(34)48)46-22-18-36-10-14-40-28-44(58(4,5)6)30-42-20-26-50(46)56(36)54(40)42/h7-32H,1-6H3. The molecule has 0 spiro atoms. The minimum absolute atomic E-state index is 0.0942. The number of hydrogen-bond acceptors (Lipinski definition) is 0. The smallest absolute Gasteiger partial charge is 0.00206 e. The van der Waals surface area contributed by atoms with Crippen molar-refractivity contribution in [3.8, 4) is 22.3 Å². The molecule has 0 aliphatic heterocycles. The van der Waals surface area contributed by atoms with Gasteiger partial charge in [-0.1, -0.05) is 187 Å². The van der Waals surface area contributed by atoms with E-state index in [9.17, 15) is 0 Å². The molecule has 0 fully saturated rings. The van der Waals surface area contributed by atoms with E-state index in [1.165, 1.54) is 130 Å². The predicted octanol–water partition coefficient (Wildman–Crippen LogP) is 16.9. The van der Waals surface area contributed by atoms with E-state index in [1.807, 2.05) is 0 Å². The average molecular weight is 741 g/mol. The monoisotopic (exact) mass is 740 g/mol. The molecular formula is C58H44. The first-order valence-electron chi connectivity index (χ1n) is 20.8. The molecule has 0 saturated heterocycles. The molecular weight excluding hydrogens is 697 g/mol. The molecule has 0 aliphatic carbocycles. The number of fused-ring (bicyclic) bond motifs is 5. The van der Waals surface area contributed by atoms with Gasteiger partial charge in [0.1, 0.15) is 0 Å². The van der Waals surface area contributed by atoms with Crippen LogP contribution in [0.3, 0.4) is 0 Å². The van der Waals surface area contributed by atoms with Gasteiger partial charge in [0.05, 0.1) is 0 Å². The Hall–Kier alpha value is -6.50. The van der Waals surface area contributed by atoms with Crippen LogP contribution in [0.25, 0.3) is 119 Å². The first-order chi connectivity index (χ1) is 28.0. The second-order valence-electron chi connectivity index (χ2n) is 19.0. The zero-order valence-electron chi connectivity index (χ0n) is 34.0. The van der Waals surface area contributed by atoms with Crippen LogP contribution in [0.1, 0.15) is 52.7 Å². The molecule has 0 nitrogen and oxygen atoms in total. The van der Waals surface area contributed by atoms with Crippen LogP contribution in [0.15, 0.2) is 158 Å². The fourth-order valence-electron chi connectivity index (χ4n) is 10.2. The molecule has 276 valence electrons. The first kappa shape index (κ1) is 33.6. The van der Waals surface area contributed by atoms with E-state index in [-0.39, 0.29) is 10.8 Å². The van der Waals surface area contributed by atoms with Gasteiger partial charge in [0.15, 0.2) is 0 Å². The predicted molar refractivity (Wildman–Crippen MR) is 255 cm³/mol. The maximum atomic E-state index is 2.43. The Labute approximate surface area is 339 Å². The summed E-state index contributed by atoms with van der Waals surface area (Å²) in [7, 11) is 0. The van der Waals surface area contributed by atoms with Gasteiger partial charge in [-0.25, -0.2) is 0 Å². The van der Waals surface area contributed by atoms with E-state index in [2.05, 4.69) is 199 Å². The number of benzene rings is 12. The largest absolute Gasteiger partial charge is 0.0561 e. The first-order valence-corrected chi connectivity index (χ1v) is 20.8. The van der Waals surface area contributed by atoms with E-state index >= 15 is 0 Å². The topological polar surface area (TPSA) is 0 Å². The maximum Gasteiger partial charge on any atom is -0.00206 e. The summed E-state index contributed by atoms with van der Waals surface area (Å²) in [6.07, 6.45) is 0. The quantitative estimate of drug-likeness (QED) is 0.155. The van der Waals surface area contributed by atoms with Crippen molar-refractivity contribution in [2.24, 2.45) is 0 Å². The molecule has 12 aromatic rings. The molecule has 0 heteroatoms. The van der Waals surface area contributed by atoms with Crippen LogP contribution in [-0.4, -0.2) is 0 Å². The van der Waals surface area contributed by atoms with Crippen molar-refractivity contribution in [1.29, 1.82) is 0 Å². The van der Waals surface area contributed by atoms with Crippen LogP contribution in [-0.2, 0) is 10.8 Å². The van der Waals surface area contributed by atoms with Crippen molar-refractivity contribution < 1.29 is 0 Å². The van der Waals surface area contributed by atoms with E-state index in [4.69, 9.17) is 0 Å². The van der Waals surface area contributed by atoms with Gasteiger partial charge in [0.2, 0.25) is 0 Å². The minimum Gasteiger partial charge on any atom is -0.0561 e. The third kappa shape index (κ3) is 4.82.